The Bertz CT molecular complexity index is 617. The van der Waals surface area contributed by atoms with Crippen molar-refractivity contribution >= 4 is 11.4 Å². The molecule has 0 aliphatic heterocycles. The number of methoxy groups -OCH3 is 1. The number of aryl methyl sites for hydroxylation is 2. The van der Waals surface area contributed by atoms with Crippen LogP contribution < -0.4 is 10.1 Å². The highest BCUT2D eigenvalue weighted by Crippen LogP contribution is 2.34. The fourth-order valence-electron chi connectivity index (χ4n) is 1.96. The van der Waals surface area contributed by atoms with E-state index in [1.54, 1.807) is 25.1 Å². The van der Waals surface area contributed by atoms with Gasteiger partial charge in [-0.15, -0.1) is 0 Å². The molecule has 1 aromatic carbocycles. The largest absolute Gasteiger partial charge is 0.490 e. The van der Waals surface area contributed by atoms with Crippen LogP contribution in [-0.2, 0) is 6.54 Å². The molecule has 0 saturated carbocycles. The van der Waals surface area contributed by atoms with Crippen molar-refractivity contribution in [3.8, 4) is 5.75 Å². The normalized spacial score (nSPS) is 10.3. The Morgan fingerprint density at radius 2 is 2.20 bits per heavy atom. The van der Waals surface area contributed by atoms with Crippen molar-refractivity contribution in [3.05, 3.63) is 45.3 Å². The van der Waals surface area contributed by atoms with E-state index in [0.717, 1.165) is 11.3 Å². The number of nitrogens with zero attached hydrogens (tertiary/aromatic N) is 2. The number of benzene rings is 1. The number of nitro benzene ring substituents is 1. The number of hydrogen-bond acceptors (Lipinski definition) is 6. The molecular formula is C13H15N3O4. The summed E-state index contributed by atoms with van der Waals surface area (Å²) in [5, 5.41) is 18.0. The van der Waals surface area contributed by atoms with Crippen LogP contribution in [0.25, 0.3) is 0 Å². The van der Waals surface area contributed by atoms with Crippen LogP contribution in [0.3, 0.4) is 0 Å². The lowest BCUT2D eigenvalue weighted by molar-refractivity contribution is -0.384. The standard InChI is InChI=1S/C13H15N3O4/c1-8-10(9(2)20-15-8)7-14-11-5-4-6-12(19-3)13(11)16(17)18/h4-6,14H,7H2,1-3H3. The van der Waals surface area contributed by atoms with Gasteiger partial charge < -0.3 is 14.6 Å². The molecule has 0 aliphatic carbocycles. The number of ether oxygens (including phenoxy) is 1. The van der Waals surface area contributed by atoms with Gasteiger partial charge in [0.25, 0.3) is 0 Å². The molecule has 1 heterocycles. The second-order valence-corrected chi connectivity index (χ2v) is 4.27. The number of para-hydroxylation sites is 1. The average molecular weight is 277 g/mol. The van der Waals surface area contributed by atoms with Crippen LogP contribution in [0.1, 0.15) is 17.0 Å². The van der Waals surface area contributed by atoms with Crippen LogP contribution in [-0.4, -0.2) is 17.2 Å². The minimum Gasteiger partial charge on any atom is -0.490 e. The van der Waals surface area contributed by atoms with Crippen LogP contribution in [0, 0.1) is 24.0 Å². The lowest BCUT2D eigenvalue weighted by atomic mass is 10.2. The number of rotatable bonds is 5. The summed E-state index contributed by atoms with van der Waals surface area (Å²) in [5.41, 5.74) is 1.97. The van der Waals surface area contributed by atoms with Crippen molar-refractivity contribution in [1.82, 2.24) is 5.16 Å². The van der Waals surface area contributed by atoms with E-state index in [2.05, 4.69) is 10.5 Å². The van der Waals surface area contributed by atoms with Crippen LogP contribution >= 0.6 is 0 Å². The van der Waals surface area contributed by atoms with Gasteiger partial charge in [0.1, 0.15) is 11.4 Å². The first-order valence-electron chi connectivity index (χ1n) is 6.01. The SMILES string of the molecule is COc1cccc(NCc2c(C)noc2C)c1[N+](=O)[O-]. The second-order valence-electron chi connectivity index (χ2n) is 4.27. The summed E-state index contributed by atoms with van der Waals surface area (Å²) in [4.78, 5) is 10.7. The van der Waals surface area contributed by atoms with Crippen molar-refractivity contribution in [1.29, 1.82) is 0 Å². The molecule has 2 rings (SSSR count). The Morgan fingerprint density at radius 3 is 2.75 bits per heavy atom. The highest BCUT2D eigenvalue weighted by molar-refractivity contribution is 5.68. The van der Waals surface area contributed by atoms with E-state index in [1.807, 2.05) is 6.92 Å². The van der Waals surface area contributed by atoms with E-state index in [9.17, 15) is 10.1 Å². The molecule has 0 bridgehead atoms. The third kappa shape index (κ3) is 2.56. The lowest BCUT2D eigenvalue weighted by Gasteiger charge is -2.09. The van der Waals surface area contributed by atoms with Crippen LogP contribution in [0.15, 0.2) is 22.7 Å². The summed E-state index contributed by atoms with van der Waals surface area (Å²) < 4.78 is 10.1. The van der Waals surface area contributed by atoms with Gasteiger partial charge in [-0.1, -0.05) is 11.2 Å². The first kappa shape index (κ1) is 13.9. The van der Waals surface area contributed by atoms with E-state index < -0.39 is 4.92 Å². The Hall–Kier alpha value is -2.57. The summed E-state index contributed by atoms with van der Waals surface area (Å²) >= 11 is 0. The van der Waals surface area contributed by atoms with Gasteiger partial charge in [0, 0.05) is 12.1 Å². The van der Waals surface area contributed by atoms with E-state index >= 15 is 0 Å². The van der Waals surface area contributed by atoms with Crippen molar-refractivity contribution in [2.75, 3.05) is 12.4 Å². The molecule has 0 saturated heterocycles. The molecule has 0 amide bonds. The number of nitro groups is 1. The fourth-order valence-corrected chi connectivity index (χ4v) is 1.96. The van der Waals surface area contributed by atoms with Gasteiger partial charge in [-0.05, 0) is 26.0 Å². The molecule has 20 heavy (non-hydrogen) atoms. The van der Waals surface area contributed by atoms with Crippen molar-refractivity contribution in [2.45, 2.75) is 20.4 Å². The summed E-state index contributed by atoms with van der Waals surface area (Å²) in [6.45, 7) is 4.03. The number of nitrogens with one attached hydrogen (secondary N) is 1. The quantitative estimate of drug-likeness (QED) is 0.667. The highest BCUT2D eigenvalue weighted by atomic mass is 16.6. The van der Waals surface area contributed by atoms with Crippen molar-refractivity contribution < 1.29 is 14.2 Å². The van der Waals surface area contributed by atoms with E-state index in [1.165, 1.54) is 7.11 Å². The predicted molar refractivity (Wildman–Crippen MR) is 73.0 cm³/mol. The predicted octanol–water partition coefficient (Wildman–Crippen LogP) is 2.82. The topological polar surface area (TPSA) is 90.4 Å². The van der Waals surface area contributed by atoms with Gasteiger partial charge in [-0.2, -0.15) is 0 Å². The molecule has 0 fully saturated rings. The second kappa shape index (κ2) is 5.60. The summed E-state index contributed by atoms with van der Waals surface area (Å²) in [7, 11) is 1.40. The Balaban J connectivity index is 2.28. The molecule has 0 aliphatic rings. The maximum atomic E-state index is 11.2. The van der Waals surface area contributed by atoms with Gasteiger partial charge in [-0.25, -0.2) is 0 Å². The molecule has 0 spiro atoms. The van der Waals surface area contributed by atoms with Crippen molar-refractivity contribution in [2.24, 2.45) is 0 Å². The monoisotopic (exact) mass is 277 g/mol. The Labute approximate surface area is 115 Å². The molecule has 1 aromatic heterocycles. The number of anilines is 1. The zero-order valence-electron chi connectivity index (χ0n) is 11.5. The molecule has 7 nitrogen and oxygen atoms in total. The van der Waals surface area contributed by atoms with Crippen LogP contribution in [0.4, 0.5) is 11.4 Å². The average Bonchev–Trinajstić information content (AvgIpc) is 2.75. The van der Waals surface area contributed by atoms with Gasteiger partial charge in [-0.3, -0.25) is 10.1 Å². The first-order chi connectivity index (χ1) is 9.54. The van der Waals surface area contributed by atoms with Crippen LogP contribution in [0.2, 0.25) is 0 Å². The van der Waals surface area contributed by atoms with E-state index in [4.69, 9.17) is 9.26 Å². The molecule has 1 N–H and O–H groups in total. The number of aromatic nitrogens is 1. The zero-order valence-corrected chi connectivity index (χ0v) is 11.5. The number of hydrogen-bond donors (Lipinski definition) is 1. The fraction of sp³-hybridized carbons (Fsp3) is 0.308. The molecule has 0 atom stereocenters. The smallest absolute Gasteiger partial charge is 0.333 e. The molecule has 0 unspecified atom stereocenters. The zero-order chi connectivity index (χ0) is 14.7. The van der Waals surface area contributed by atoms with Gasteiger partial charge >= 0.3 is 5.69 Å². The van der Waals surface area contributed by atoms with Gasteiger partial charge in [0.2, 0.25) is 0 Å². The van der Waals surface area contributed by atoms with Crippen molar-refractivity contribution in [3.63, 3.8) is 0 Å². The first-order valence-corrected chi connectivity index (χ1v) is 6.01. The third-order valence-corrected chi connectivity index (χ3v) is 3.04. The van der Waals surface area contributed by atoms with Gasteiger partial charge in [0.15, 0.2) is 5.75 Å². The van der Waals surface area contributed by atoms with E-state index in [0.29, 0.717) is 18.0 Å². The Kier molecular flexibility index (Phi) is 3.88. The lowest BCUT2D eigenvalue weighted by Crippen LogP contribution is -2.05. The molecule has 106 valence electrons. The molecule has 7 heteroatoms. The van der Waals surface area contributed by atoms with E-state index in [-0.39, 0.29) is 11.4 Å². The Morgan fingerprint density at radius 1 is 1.45 bits per heavy atom. The third-order valence-electron chi connectivity index (χ3n) is 3.04. The molecule has 0 radical (unpaired) electrons. The minimum atomic E-state index is -0.464. The van der Waals surface area contributed by atoms with Gasteiger partial charge in [0.05, 0.1) is 17.7 Å². The summed E-state index contributed by atoms with van der Waals surface area (Å²) in [5.74, 6) is 0.916. The summed E-state index contributed by atoms with van der Waals surface area (Å²) in [6.07, 6.45) is 0. The molecular weight excluding hydrogens is 262 g/mol. The maximum Gasteiger partial charge on any atom is 0.333 e. The highest BCUT2D eigenvalue weighted by Gasteiger charge is 2.20. The van der Waals surface area contributed by atoms with Crippen LogP contribution in [0.5, 0.6) is 5.75 Å². The molecule has 2 aromatic rings. The minimum absolute atomic E-state index is 0.0817. The summed E-state index contributed by atoms with van der Waals surface area (Å²) in [6, 6.07) is 4.89. The maximum absolute atomic E-state index is 11.2.